The van der Waals surface area contributed by atoms with Crippen LogP contribution in [-0.2, 0) is 22.0 Å². The topological polar surface area (TPSA) is 94.4 Å². The second-order valence-electron chi connectivity index (χ2n) is 12.2. The number of rotatable bonds is 8. The molecule has 1 N–H and O–H groups in total. The van der Waals surface area contributed by atoms with Crippen molar-refractivity contribution in [3.8, 4) is 39.5 Å². The quantitative estimate of drug-likeness (QED) is 0.104. The van der Waals surface area contributed by atoms with Gasteiger partial charge in [-0.05, 0) is 37.6 Å². The van der Waals surface area contributed by atoms with Crippen LogP contribution in [-0.4, -0.2) is 64.0 Å². The first-order valence-corrected chi connectivity index (χ1v) is 16.6. The van der Waals surface area contributed by atoms with Gasteiger partial charge in [-0.15, -0.1) is 11.3 Å². The van der Waals surface area contributed by atoms with Gasteiger partial charge in [0.25, 0.3) is 0 Å². The van der Waals surface area contributed by atoms with E-state index in [-0.39, 0.29) is 87.0 Å². The van der Waals surface area contributed by atoms with Crippen molar-refractivity contribution in [2.45, 2.75) is 38.4 Å². The van der Waals surface area contributed by atoms with Crippen LogP contribution < -0.4 is 10.1 Å². The van der Waals surface area contributed by atoms with E-state index in [1.807, 2.05) is 13.8 Å². The van der Waals surface area contributed by atoms with E-state index in [9.17, 15) is 18.0 Å². The van der Waals surface area contributed by atoms with Gasteiger partial charge in [0.1, 0.15) is 46.9 Å². The van der Waals surface area contributed by atoms with E-state index in [2.05, 4.69) is 16.9 Å². The van der Waals surface area contributed by atoms with E-state index < -0.39 is 36.0 Å². The van der Waals surface area contributed by atoms with Crippen LogP contribution in [0, 0.1) is 17.5 Å². The molecule has 0 saturated heterocycles. The fourth-order valence-electron chi connectivity index (χ4n) is 6.66. The Morgan fingerprint density at radius 2 is 1.92 bits per heavy atom. The maximum Gasteiger partial charge on any atom is 0.302 e. The van der Waals surface area contributed by atoms with Crippen LogP contribution in [0.5, 0.6) is 5.75 Å². The highest BCUT2D eigenvalue weighted by atomic mass is 32.1. The number of hydrogen-bond donors (Lipinski definition) is 1. The van der Waals surface area contributed by atoms with Crippen molar-refractivity contribution >= 4 is 27.3 Å². The lowest BCUT2D eigenvalue weighted by Crippen LogP contribution is -2.42. The number of pyridine rings is 2. The third-order valence-corrected chi connectivity index (χ3v) is 9.93. The smallest absolute Gasteiger partial charge is 0.302 e. The number of thiophene rings is 1. The predicted octanol–water partition coefficient (Wildman–Crippen LogP) is 7.18. The summed E-state index contributed by atoms with van der Waals surface area (Å²) in [4.78, 5) is 23.4. The zero-order valence-corrected chi connectivity index (χ0v) is 28.0. The summed E-state index contributed by atoms with van der Waals surface area (Å²) in [6, 6.07) is 4.16. The number of carbonyl (C=O) groups is 1. The Hall–Kier alpha value is -4.73. The van der Waals surface area contributed by atoms with Gasteiger partial charge in [-0.1, -0.05) is 6.58 Å². The first-order chi connectivity index (χ1) is 23.9. The average molecular weight is 711 g/mol. The molecule has 1 aromatic carbocycles. The molecular weight excluding hydrogens is 679 g/mol. The highest BCUT2D eigenvalue weighted by Gasteiger charge is 2.39. The first kappa shape index (κ1) is 33.8. The predicted molar refractivity (Wildman–Crippen MR) is 177 cm³/mol. The van der Waals surface area contributed by atoms with Crippen LogP contribution in [0.4, 0.5) is 22.0 Å². The monoisotopic (exact) mass is 710 g/mol. The largest absolute Gasteiger partial charge is 0.490 e. The Bertz CT molecular complexity index is 2170. The van der Waals surface area contributed by atoms with E-state index in [4.69, 9.17) is 19.6 Å². The van der Waals surface area contributed by atoms with E-state index in [0.29, 0.717) is 23.9 Å². The molecule has 7 rings (SSSR count). The third kappa shape index (κ3) is 5.62. The van der Waals surface area contributed by atoms with Crippen LogP contribution in [0.25, 0.3) is 43.9 Å². The molecule has 6 heterocycles. The molecule has 0 radical (unpaired) electrons. The second kappa shape index (κ2) is 12.9. The lowest BCUT2D eigenvalue weighted by atomic mass is 9.94. The SMILES string of the molecule is C=CC(=O)N1C[C@H](C)n2nc(-c3nc(-c4cnc5c(c4)CNCC5(F)F)c4scc(F)c4c3-c3c(F)cc(F)cc3OCCOC)cc2[C@H]1C. The molecule has 260 valence electrons. The van der Waals surface area contributed by atoms with Crippen LogP contribution in [0.1, 0.15) is 42.9 Å². The summed E-state index contributed by atoms with van der Waals surface area (Å²) in [5.41, 5.74) is 1.00. The van der Waals surface area contributed by atoms with Gasteiger partial charge in [-0.3, -0.25) is 14.5 Å². The molecule has 0 bridgehead atoms. The number of fused-ring (bicyclic) bond motifs is 3. The molecule has 2 aliphatic heterocycles. The normalized spacial score (nSPS) is 18.2. The minimum absolute atomic E-state index is 0.0240. The van der Waals surface area contributed by atoms with Gasteiger partial charge in [0.05, 0.1) is 46.9 Å². The van der Waals surface area contributed by atoms with Crippen LogP contribution in [0.3, 0.4) is 0 Å². The van der Waals surface area contributed by atoms with Gasteiger partial charge in [0, 0.05) is 60.4 Å². The first-order valence-electron chi connectivity index (χ1n) is 15.8. The van der Waals surface area contributed by atoms with Gasteiger partial charge < -0.3 is 19.7 Å². The third-order valence-electron chi connectivity index (χ3n) is 8.97. The number of nitrogens with zero attached hydrogens (tertiary/aromatic N) is 5. The highest BCUT2D eigenvalue weighted by molar-refractivity contribution is 7.17. The molecule has 5 aromatic rings. The van der Waals surface area contributed by atoms with Gasteiger partial charge in [0.2, 0.25) is 5.91 Å². The summed E-state index contributed by atoms with van der Waals surface area (Å²) in [5.74, 6) is -6.33. The lowest BCUT2D eigenvalue weighted by molar-refractivity contribution is -0.129. The molecule has 15 heteroatoms. The molecule has 2 aliphatic rings. The van der Waals surface area contributed by atoms with E-state index >= 15 is 8.78 Å². The Balaban J connectivity index is 1.53. The Morgan fingerprint density at radius 1 is 1.12 bits per heavy atom. The maximum atomic E-state index is 16.2. The number of benzene rings is 1. The number of alkyl halides is 2. The van der Waals surface area contributed by atoms with Gasteiger partial charge in [-0.25, -0.2) is 18.2 Å². The van der Waals surface area contributed by atoms with Crippen LogP contribution >= 0.6 is 11.3 Å². The summed E-state index contributed by atoms with van der Waals surface area (Å²) in [6.07, 6.45) is 2.50. The Labute approximate surface area is 287 Å². The van der Waals surface area contributed by atoms with E-state index in [1.54, 1.807) is 15.6 Å². The number of methoxy groups -OCH3 is 1. The van der Waals surface area contributed by atoms with Crippen LogP contribution in [0.15, 0.2) is 48.5 Å². The number of carbonyl (C=O) groups excluding carboxylic acids is 1. The summed E-state index contributed by atoms with van der Waals surface area (Å²) in [5, 5.41) is 8.73. The lowest BCUT2D eigenvalue weighted by Gasteiger charge is -2.36. The van der Waals surface area contributed by atoms with E-state index in [1.165, 1.54) is 30.8 Å². The minimum atomic E-state index is -3.19. The average Bonchev–Trinajstić information content (AvgIpc) is 3.70. The molecule has 2 atom stereocenters. The van der Waals surface area contributed by atoms with Gasteiger partial charge in [0.15, 0.2) is 0 Å². The molecule has 1 amide bonds. The molecule has 0 fully saturated rings. The molecule has 9 nitrogen and oxygen atoms in total. The summed E-state index contributed by atoms with van der Waals surface area (Å²) < 4.78 is 89.2. The van der Waals surface area contributed by atoms with Crippen molar-refractivity contribution in [3.05, 3.63) is 82.9 Å². The Morgan fingerprint density at radius 3 is 2.68 bits per heavy atom. The van der Waals surface area contributed by atoms with Crippen molar-refractivity contribution in [1.82, 2.24) is 30.0 Å². The molecule has 0 aliphatic carbocycles. The molecule has 0 unspecified atom stereocenters. The summed E-state index contributed by atoms with van der Waals surface area (Å²) in [7, 11) is 1.44. The summed E-state index contributed by atoms with van der Waals surface area (Å²) in [6.45, 7) is 7.26. The van der Waals surface area contributed by atoms with Crippen molar-refractivity contribution < 1.29 is 36.2 Å². The molecular formula is C35H31F5N6O3S. The number of hydrogen-bond acceptors (Lipinski definition) is 8. The number of halogens is 5. The summed E-state index contributed by atoms with van der Waals surface area (Å²) >= 11 is 0.990. The van der Waals surface area contributed by atoms with Crippen molar-refractivity contribution in [2.24, 2.45) is 0 Å². The van der Waals surface area contributed by atoms with Gasteiger partial charge >= 0.3 is 5.92 Å². The van der Waals surface area contributed by atoms with Gasteiger partial charge in [-0.2, -0.15) is 13.9 Å². The number of aromatic nitrogens is 4. The Kier molecular flexibility index (Phi) is 8.68. The number of nitrogens with one attached hydrogen (secondary N) is 1. The molecule has 0 spiro atoms. The van der Waals surface area contributed by atoms with E-state index in [0.717, 1.165) is 17.4 Å². The number of ether oxygens (including phenoxy) is 2. The second-order valence-corrected chi connectivity index (χ2v) is 13.1. The fraction of sp³-hybridized carbons (Fsp3) is 0.314. The molecule has 50 heavy (non-hydrogen) atoms. The molecule has 4 aromatic heterocycles. The minimum Gasteiger partial charge on any atom is -0.490 e. The van der Waals surface area contributed by atoms with Crippen molar-refractivity contribution in [3.63, 3.8) is 0 Å². The maximum absolute atomic E-state index is 16.2. The van der Waals surface area contributed by atoms with Crippen LogP contribution in [0.2, 0.25) is 0 Å². The van der Waals surface area contributed by atoms with Crippen molar-refractivity contribution in [2.75, 3.05) is 33.4 Å². The zero-order chi connectivity index (χ0) is 35.5. The zero-order valence-electron chi connectivity index (χ0n) is 27.2. The highest BCUT2D eigenvalue weighted by Crippen LogP contribution is 2.49. The number of amides is 1. The molecule has 0 saturated carbocycles. The van der Waals surface area contributed by atoms with Crippen molar-refractivity contribution in [1.29, 1.82) is 0 Å². The fourth-order valence-corrected chi connectivity index (χ4v) is 7.59. The standard InChI is InChI=1S/C35H31F5N6O3S/c1-5-27(47)45-14-17(2)46-25(18(45)3)11-24(44-46)32-30(28-22(37)9-21(36)10-26(28)49-7-6-48-4)29-23(38)15-50-33(29)31(43-32)19-8-20-12-41-16-35(39,40)34(20)42-13-19/h5,8-11,13,15,17-18,41H,1,6-7,12,14,16H2,2-4H3/t17-,18+/m0/s1.